The first-order valence-electron chi connectivity index (χ1n) is 7.99. The quantitative estimate of drug-likeness (QED) is 0.757. The Bertz CT molecular complexity index is 696. The van der Waals surface area contributed by atoms with E-state index in [2.05, 4.69) is 12.2 Å². The molecule has 1 heterocycles. The second kappa shape index (κ2) is 8.47. The fourth-order valence-corrected chi connectivity index (χ4v) is 3.24. The Hall–Kier alpha value is -1.89. The van der Waals surface area contributed by atoms with E-state index in [0.717, 1.165) is 35.7 Å². The van der Waals surface area contributed by atoms with Gasteiger partial charge in [0.15, 0.2) is 0 Å². The van der Waals surface area contributed by atoms with Crippen LogP contribution in [-0.4, -0.2) is 24.4 Å². The summed E-state index contributed by atoms with van der Waals surface area (Å²) in [5, 5.41) is 2.60. The predicted octanol–water partition coefficient (Wildman–Crippen LogP) is 5.37. The Morgan fingerprint density at radius 1 is 1.36 bits per heavy atom. The van der Waals surface area contributed by atoms with Crippen molar-refractivity contribution in [2.45, 2.75) is 32.9 Å². The van der Waals surface area contributed by atoms with Gasteiger partial charge in [-0.2, -0.15) is 13.2 Å². The van der Waals surface area contributed by atoms with E-state index in [9.17, 15) is 18.0 Å². The summed E-state index contributed by atoms with van der Waals surface area (Å²) in [6.07, 6.45) is -0.761. The molecule has 7 heteroatoms. The van der Waals surface area contributed by atoms with Crippen molar-refractivity contribution in [1.82, 2.24) is 0 Å². The van der Waals surface area contributed by atoms with E-state index in [1.807, 2.05) is 25.1 Å². The molecule has 1 aromatic carbocycles. The molecule has 136 valence electrons. The molecule has 0 aliphatic carbocycles. The zero-order valence-electron chi connectivity index (χ0n) is 14.1. The first-order valence-corrected chi connectivity index (χ1v) is 8.97. The molecule has 1 aromatic rings. The van der Waals surface area contributed by atoms with E-state index in [1.165, 1.54) is 0 Å². The van der Waals surface area contributed by atoms with Gasteiger partial charge in [-0.3, -0.25) is 4.79 Å². The highest BCUT2D eigenvalue weighted by molar-refractivity contribution is 8.04. The lowest BCUT2D eigenvalue weighted by atomic mass is 10.0. The molecule has 25 heavy (non-hydrogen) atoms. The third kappa shape index (κ3) is 5.04. The number of carbonyl (C=O) groups is 1. The van der Waals surface area contributed by atoms with Crippen molar-refractivity contribution in [2.75, 3.05) is 17.7 Å². The summed E-state index contributed by atoms with van der Waals surface area (Å²) < 4.78 is 43.9. The first-order chi connectivity index (χ1) is 11.8. The van der Waals surface area contributed by atoms with Crippen LogP contribution in [0, 0.1) is 0 Å². The topological polar surface area (TPSA) is 38.3 Å². The average Bonchev–Trinajstić information content (AvgIpc) is 2.59. The van der Waals surface area contributed by atoms with Gasteiger partial charge in [-0.15, -0.1) is 11.8 Å². The number of allylic oxidation sites excluding steroid dienone is 3. The number of amides is 1. The van der Waals surface area contributed by atoms with Crippen LogP contribution in [-0.2, 0) is 9.53 Å². The molecule has 0 radical (unpaired) electrons. The maximum absolute atomic E-state index is 13.1. The molecule has 1 amide bonds. The normalized spacial score (nSPS) is 15.8. The largest absolute Gasteiger partial charge is 0.487 e. The van der Waals surface area contributed by atoms with Gasteiger partial charge in [0.05, 0.1) is 6.61 Å². The number of nitrogens with one attached hydrogen (secondary N) is 1. The zero-order chi connectivity index (χ0) is 18.4. The molecule has 0 saturated carbocycles. The number of alkyl halides is 3. The number of benzene rings is 1. The Morgan fingerprint density at radius 3 is 2.76 bits per heavy atom. The summed E-state index contributed by atoms with van der Waals surface area (Å²) in [6, 6.07) is 7.07. The lowest BCUT2D eigenvalue weighted by Crippen LogP contribution is -2.26. The molecule has 0 saturated heterocycles. The van der Waals surface area contributed by atoms with Gasteiger partial charge in [0.1, 0.15) is 4.91 Å². The van der Waals surface area contributed by atoms with Crippen molar-refractivity contribution in [1.29, 1.82) is 0 Å². The van der Waals surface area contributed by atoms with Crippen LogP contribution in [0.15, 0.2) is 41.0 Å². The number of thioether (sulfide) groups is 1. The monoisotopic (exact) mass is 371 g/mol. The Kier molecular flexibility index (Phi) is 6.58. The summed E-state index contributed by atoms with van der Waals surface area (Å²) in [5.41, 5.74) is 2.24. The van der Waals surface area contributed by atoms with Gasteiger partial charge >= 0.3 is 6.18 Å². The predicted molar refractivity (Wildman–Crippen MR) is 95.1 cm³/mol. The van der Waals surface area contributed by atoms with E-state index in [1.54, 1.807) is 12.1 Å². The summed E-state index contributed by atoms with van der Waals surface area (Å²) in [4.78, 5) is 12.0. The number of para-hydroxylation sites is 1. The van der Waals surface area contributed by atoms with Gasteiger partial charge in [0.25, 0.3) is 5.91 Å². The van der Waals surface area contributed by atoms with Crippen LogP contribution in [0.2, 0.25) is 0 Å². The summed E-state index contributed by atoms with van der Waals surface area (Å²) >= 11 is 0.862. The van der Waals surface area contributed by atoms with E-state index in [4.69, 9.17) is 4.74 Å². The highest BCUT2D eigenvalue weighted by Crippen LogP contribution is 2.37. The minimum absolute atomic E-state index is 0.0637. The maximum atomic E-state index is 13.1. The van der Waals surface area contributed by atoms with Crippen LogP contribution < -0.4 is 5.32 Å². The number of carbonyl (C=O) groups excluding carboxylic acids is 1. The number of anilines is 1. The number of ether oxygens (including phenoxy) is 1. The van der Waals surface area contributed by atoms with Crippen molar-refractivity contribution < 1.29 is 22.7 Å². The second-order valence-corrected chi connectivity index (χ2v) is 6.63. The molecule has 0 bridgehead atoms. The fraction of sp³-hybridized carbons (Fsp3) is 0.389. The number of hydrogen-bond acceptors (Lipinski definition) is 3. The van der Waals surface area contributed by atoms with Gasteiger partial charge < -0.3 is 10.1 Å². The second-order valence-electron chi connectivity index (χ2n) is 5.53. The number of hydrogen-bond donors (Lipinski definition) is 1. The molecule has 1 aliphatic rings. The highest BCUT2D eigenvalue weighted by atomic mass is 32.2. The van der Waals surface area contributed by atoms with Crippen LogP contribution in [0.1, 0.15) is 32.3 Å². The third-order valence-electron chi connectivity index (χ3n) is 3.59. The molecule has 1 aliphatic heterocycles. The van der Waals surface area contributed by atoms with Crippen LogP contribution >= 0.6 is 11.8 Å². The fourth-order valence-electron chi connectivity index (χ4n) is 2.38. The van der Waals surface area contributed by atoms with Gasteiger partial charge in [-0.05, 0) is 25.0 Å². The number of rotatable bonds is 5. The van der Waals surface area contributed by atoms with Crippen LogP contribution in [0.5, 0.6) is 0 Å². The average molecular weight is 371 g/mol. The molecule has 0 fully saturated rings. The summed E-state index contributed by atoms with van der Waals surface area (Å²) in [6.45, 7) is 3.91. The van der Waals surface area contributed by atoms with Crippen LogP contribution in [0.25, 0.3) is 5.57 Å². The Morgan fingerprint density at radius 2 is 2.08 bits per heavy atom. The van der Waals surface area contributed by atoms with Gasteiger partial charge in [-0.1, -0.05) is 37.6 Å². The molecule has 0 spiro atoms. The Balaban J connectivity index is 2.31. The van der Waals surface area contributed by atoms with E-state index in [0.29, 0.717) is 11.4 Å². The first kappa shape index (κ1) is 19.4. The van der Waals surface area contributed by atoms with Gasteiger partial charge in [0, 0.05) is 17.0 Å². The van der Waals surface area contributed by atoms with Crippen molar-refractivity contribution in [3.8, 4) is 0 Å². The minimum atomic E-state index is -4.68. The molecule has 0 unspecified atom stereocenters. The molecule has 0 atom stereocenters. The third-order valence-corrected chi connectivity index (χ3v) is 4.62. The lowest BCUT2D eigenvalue weighted by Gasteiger charge is -2.22. The lowest BCUT2D eigenvalue weighted by molar-refractivity contribution is -0.133. The molecule has 2 rings (SSSR count). The van der Waals surface area contributed by atoms with Crippen molar-refractivity contribution >= 4 is 28.9 Å². The van der Waals surface area contributed by atoms with Crippen molar-refractivity contribution in [3.63, 3.8) is 0 Å². The smallest absolute Gasteiger partial charge is 0.450 e. The summed E-state index contributed by atoms with van der Waals surface area (Å²) in [5.74, 6) is -1.70. The van der Waals surface area contributed by atoms with E-state index < -0.39 is 22.7 Å². The van der Waals surface area contributed by atoms with Crippen molar-refractivity contribution in [3.05, 3.63) is 46.6 Å². The molecule has 1 N–H and O–H groups in total. The number of unbranched alkanes of at least 4 members (excludes halogenated alkanes) is 1. The maximum Gasteiger partial charge on any atom is 0.450 e. The van der Waals surface area contributed by atoms with Crippen LogP contribution in [0.3, 0.4) is 0 Å². The highest BCUT2D eigenvalue weighted by Gasteiger charge is 2.42. The van der Waals surface area contributed by atoms with Crippen LogP contribution in [0.4, 0.5) is 18.9 Å². The SMILES string of the molecule is CCC/C=C(/C)c1ccccc1NC(=O)C1=C(C(F)(F)F)OCCS1. The van der Waals surface area contributed by atoms with Gasteiger partial charge in [-0.25, -0.2) is 0 Å². The molecular formula is C18H20F3NO2S. The standard InChI is InChI=1S/C18H20F3NO2S/c1-3-4-7-12(2)13-8-5-6-9-14(13)22-17(23)15-16(18(19,20)21)24-10-11-25-15/h5-9H,3-4,10-11H2,1-2H3,(H,22,23)/b12-7-. The molecule has 0 aromatic heterocycles. The number of halogens is 3. The van der Waals surface area contributed by atoms with E-state index in [-0.39, 0.29) is 6.61 Å². The van der Waals surface area contributed by atoms with Crippen molar-refractivity contribution in [2.24, 2.45) is 0 Å². The Labute approximate surface area is 149 Å². The zero-order valence-corrected chi connectivity index (χ0v) is 14.9. The summed E-state index contributed by atoms with van der Waals surface area (Å²) in [7, 11) is 0. The molecule has 3 nitrogen and oxygen atoms in total. The molecular weight excluding hydrogens is 351 g/mol. The van der Waals surface area contributed by atoms with Gasteiger partial charge in [0.2, 0.25) is 5.76 Å². The minimum Gasteiger partial charge on any atom is -0.487 e. The van der Waals surface area contributed by atoms with E-state index >= 15 is 0 Å².